The van der Waals surface area contributed by atoms with Gasteiger partial charge in [0.25, 0.3) is 5.91 Å². The Hall–Kier alpha value is -2.00. The van der Waals surface area contributed by atoms with Crippen LogP contribution in [0.2, 0.25) is 5.02 Å². The number of hydrogen-bond donors (Lipinski definition) is 2. The highest BCUT2D eigenvalue weighted by Crippen LogP contribution is 2.20. The van der Waals surface area contributed by atoms with Crippen molar-refractivity contribution >= 4 is 28.9 Å². The van der Waals surface area contributed by atoms with E-state index in [9.17, 15) is 4.79 Å². The summed E-state index contributed by atoms with van der Waals surface area (Å²) < 4.78 is 0. The summed E-state index contributed by atoms with van der Waals surface area (Å²) in [6, 6.07) is 12.2. The third kappa shape index (κ3) is 2.81. The highest BCUT2D eigenvalue weighted by atomic mass is 35.5. The first-order valence-corrected chi connectivity index (χ1v) is 5.87. The Kier molecular flexibility index (Phi) is 3.53. The van der Waals surface area contributed by atoms with Gasteiger partial charge in [-0.05, 0) is 48.9 Å². The summed E-state index contributed by atoms with van der Waals surface area (Å²) in [5, 5.41) is 3.48. The number of rotatable bonds is 2. The number of hydrogen-bond acceptors (Lipinski definition) is 2. The summed E-state index contributed by atoms with van der Waals surface area (Å²) >= 11 is 5.86. The molecule has 3 nitrogen and oxygen atoms in total. The number of nitrogens with one attached hydrogen (secondary N) is 1. The molecule has 0 fully saturated rings. The van der Waals surface area contributed by atoms with Gasteiger partial charge in [0.1, 0.15) is 0 Å². The number of amides is 1. The minimum absolute atomic E-state index is 0.187. The van der Waals surface area contributed by atoms with E-state index in [2.05, 4.69) is 5.32 Å². The number of halogens is 1. The van der Waals surface area contributed by atoms with Gasteiger partial charge in [-0.1, -0.05) is 17.7 Å². The molecule has 0 unspecified atom stereocenters. The van der Waals surface area contributed by atoms with Gasteiger partial charge in [0.15, 0.2) is 0 Å². The van der Waals surface area contributed by atoms with Crippen LogP contribution in [-0.2, 0) is 0 Å². The molecule has 0 aliphatic rings. The molecule has 0 bridgehead atoms. The van der Waals surface area contributed by atoms with E-state index in [0.29, 0.717) is 16.3 Å². The average Bonchev–Trinajstić information content (AvgIpc) is 2.32. The molecule has 0 atom stereocenters. The van der Waals surface area contributed by atoms with Crippen molar-refractivity contribution < 1.29 is 4.79 Å². The molecular formula is C14H13ClN2O. The van der Waals surface area contributed by atoms with Gasteiger partial charge in [-0.2, -0.15) is 0 Å². The van der Waals surface area contributed by atoms with Gasteiger partial charge in [0.2, 0.25) is 0 Å². The van der Waals surface area contributed by atoms with Crippen molar-refractivity contribution in [2.45, 2.75) is 6.92 Å². The largest absolute Gasteiger partial charge is 0.399 e. The fraction of sp³-hybridized carbons (Fsp3) is 0.0714. The van der Waals surface area contributed by atoms with E-state index < -0.39 is 0 Å². The van der Waals surface area contributed by atoms with Crippen molar-refractivity contribution in [2.75, 3.05) is 11.1 Å². The molecule has 2 rings (SSSR count). The van der Waals surface area contributed by atoms with Crippen LogP contribution in [0.3, 0.4) is 0 Å². The van der Waals surface area contributed by atoms with Crippen LogP contribution in [-0.4, -0.2) is 5.91 Å². The summed E-state index contributed by atoms with van der Waals surface area (Å²) in [7, 11) is 0. The van der Waals surface area contributed by atoms with Gasteiger partial charge >= 0.3 is 0 Å². The second-order valence-electron chi connectivity index (χ2n) is 4.04. The third-order valence-corrected chi connectivity index (χ3v) is 2.82. The van der Waals surface area contributed by atoms with Crippen molar-refractivity contribution in [1.29, 1.82) is 0 Å². The highest BCUT2D eigenvalue weighted by molar-refractivity contribution is 6.30. The van der Waals surface area contributed by atoms with E-state index >= 15 is 0 Å². The molecule has 2 aromatic rings. The minimum atomic E-state index is -0.187. The summed E-state index contributed by atoms with van der Waals surface area (Å²) in [5.41, 5.74) is 8.40. The monoisotopic (exact) mass is 260 g/mol. The zero-order valence-corrected chi connectivity index (χ0v) is 10.7. The molecule has 0 heterocycles. The fourth-order valence-corrected chi connectivity index (χ4v) is 1.87. The number of anilines is 2. The number of carbonyl (C=O) groups excluding carboxylic acids is 1. The van der Waals surface area contributed by atoms with Crippen molar-refractivity contribution in [3.8, 4) is 0 Å². The van der Waals surface area contributed by atoms with Crippen molar-refractivity contribution in [1.82, 2.24) is 0 Å². The van der Waals surface area contributed by atoms with E-state index in [4.69, 9.17) is 17.3 Å². The van der Waals surface area contributed by atoms with Crippen LogP contribution in [0.25, 0.3) is 0 Å². The molecule has 0 saturated heterocycles. The van der Waals surface area contributed by atoms with Crippen molar-refractivity contribution in [3.05, 3.63) is 58.6 Å². The zero-order chi connectivity index (χ0) is 13.1. The number of carbonyl (C=O) groups is 1. The topological polar surface area (TPSA) is 55.1 Å². The molecule has 0 radical (unpaired) electrons. The normalized spacial score (nSPS) is 10.1. The number of benzene rings is 2. The standard InChI is InChI=1S/C14H13ClN2O/c1-9-7-11(15)5-6-13(9)17-14(18)10-3-2-4-12(16)8-10/h2-8H,16H2,1H3,(H,17,18). The van der Waals surface area contributed by atoms with Crippen LogP contribution in [0.1, 0.15) is 15.9 Å². The Labute approximate surface area is 111 Å². The Morgan fingerprint density at radius 3 is 2.67 bits per heavy atom. The maximum absolute atomic E-state index is 12.0. The van der Waals surface area contributed by atoms with Crippen LogP contribution in [0.15, 0.2) is 42.5 Å². The predicted octanol–water partition coefficient (Wildman–Crippen LogP) is 3.48. The molecule has 18 heavy (non-hydrogen) atoms. The maximum atomic E-state index is 12.0. The molecular weight excluding hydrogens is 248 g/mol. The number of nitrogen functional groups attached to an aromatic ring is 1. The number of aryl methyl sites for hydroxylation is 1. The lowest BCUT2D eigenvalue weighted by molar-refractivity contribution is 0.102. The van der Waals surface area contributed by atoms with Crippen LogP contribution in [0.4, 0.5) is 11.4 Å². The molecule has 4 heteroatoms. The quantitative estimate of drug-likeness (QED) is 0.812. The van der Waals surface area contributed by atoms with Crippen molar-refractivity contribution in [3.63, 3.8) is 0 Å². The predicted molar refractivity (Wildman–Crippen MR) is 75.0 cm³/mol. The van der Waals surface area contributed by atoms with E-state index in [-0.39, 0.29) is 5.91 Å². The third-order valence-electron chi connectivity index (χ3n) is 2.59. The minimum Gasteiger partial charge on any atom is -0.399 e. The van der Waals surface area contributed by atoms with E-state index in [1.54, 1.807) is 42.5 Å². The van der Waals surface area contributed by atoms with Gasteiger partial charge < -0.3 is 11.1 Å². The first kappa shape index (κ1) is 12.5. The summed E-state index contributed by atoms with van der Waals surface area (Å²) in [4.78, 5) is 12.0. The Morgan fingerprint density at radius 2 is 2.00 bits per heavy atom. The van der Waals surface area contributed by atoms with E-state index in [1.807, 2.05) is 6.92 Å². The van der Waals surface area contributed by atoms with E-state index in [0.717, 1.165) is 11.3 Å². The molecule has 0 aromatic heterocycles. The zero-order valence-electron chi connectivity index (χ0n) is 9.91. The molecule has 3 N–H and O–H groups in total. The Balaban J connectivity index is 2.21. The molecule has 2 aromatic carbocycles. The number of nitrogens with two attached hydrogens (primary N) is 1. The van der Waals surface area contributed by atoms with Gasteiger partial charge in [0, 0.05) is 22.0 Å². The molecule has 0 aliphatic heterocycles. The Morgan fingerprint density at radius 1 is 1.22 bits per heavy atom. The summed E-state index contributed by atoms with van der Waals surface area (Å²) in [6.45, 7) is 1.89. The highest BCUT2D eigenvalue weighted by Gasteiger charge is 2.07. The maximum Gasteiger partial charge on any atom is 0.255 e. The van der Waals surface area contributed by atoms with E-state index in [1.165, 1.54) is 0 Å². The van der Waals surface area contributed by atoms with Gasteiger partial charge in [-0.25, -0.2) is 0 Å². The lowest BCUT2D eigenvalue weighted by atomic mass is 10.1. The lowest BCUT2D eigenvalue weighted by Crippen LogP contribution is -2.12. The van der Waals surface area contributed by atoms with Crippen molar-refractivity contribution in [2.24, 2.45) is 0 Å². The van der Waals surface area contributed by atoms with Crippen LogP contribution in [0, 0.1) is 6.92 Å². The SMILES string of the molecule is Cc1cc(Cl)ccc1NC(=O)c1cccc(N)c1. The second-order valence-corrected chi connectivity index (χ2v) is 4.48. The van der Waals surface area contributed by atoms with Gasteiger partial charge in [-0.3, -0.25) is 4.79 Å². The summed E-state index contributed by atoms with van der Waals surface area (Å²) in [6.07, 6.45) is 0. The lowest BCUT2D eigenvalue weighted by Gasteiger charge is -2.09. The van der Waals surface area contributed by atoms with Gasteiger partial charge in [-0.15, -0.1) is 0 Å². The fourth-order valence-electron chi connectivity index (χ4n) is 1.64. The first-order chi connectivity index (χ1) is 8.56. The second kappa shape index (κ2) is 5.10. The first-order valence-electron chi connectivity index (χ1n) is 5.49. The average molecular weight is 261 g/mol. The summed E-state index contributed by atoms with van der Waals surface area (Å²) in [5.74, 6) is -0.187. The molecule has 0 saturated carbocycles. The molecule has 0 spiro atoms. The van der Waals surface area contributed by atoms with Crippen LogP contribution < -0.4 is 11.1 Å². The Bertz CT molecular complexity index is 596. The van der Waals surface area contributed by atoms with Crippen LogP contribution >= 0.6 is 11.6 Å². The smallest absolute Gasteiger partial charge is 0.255 e. The van der Waals surface area contributed by atoms with Crippen LogP contribution in [0.5, 0.6) is 0 Å². The molecule has 1 amide bonds. The van der Waals surface area contributed by atoms with Gasteiger partial charge in [0.05, 0.1) is 0 Å². The molecule has 92 valence electrons. The molecule has 0 aliphatic carbocycles.